The SMILES string of the molecule is CN1C(=O)N(CC(=O)c2cccc(O)c2)C(=O)C1(C)C1CCCCC1. The number of urea groups is 1. The number of ketones is 1. The highest BCUT2D eigenvalue weighted by atomic mass is 16.3. The topological polar surface area (TPSA) is 77.9 Å². The monoisotopic (exact) mass is 344 g/mol. The van der Waals surface area contributed by atoms with Crippen LogP contribution in [0.5, 0.6) is 5.75 Å². The van der Waals surface area contributed by atoms with Crippen LogP contribution < -0.4 is 0 Å². The Balaban J connectivity index is 1.81. The Morgan fingerprint density at radius 3 is 2.56 bits per heavy atom. The molecule has 1 aliphatic heterocycles. The van der Waals surface area contributed by atoms with E-state index in [1.165, 1.54) is 17.0 Å². The lowest BCUT2D eigenvalue weighted by atomic mass is 9.75. The summed E-state index contributed by atoms with van der Waals surface area (Å²) < 4.78 is 0. The molecule has 2 aliphatic rings. The zero-order valence-corrected chi connectivity index (χ0v) is 14.7. The van der Waals surface area contributed by atoms with Crippen LogP contribution in [0, 0.1) is 5.92 Å². The highest BCUT2D eigenvalue weighted by Crippen LogP contribution is 2.40. The van der Waals surface area contributed by atoms with E-state index in [1.807, 2.05) is 6.92 Å². The molecule has 1 saturated carbocycles. The predicted octanol–water partition coefficient (Wildman–Crippen LogP) is 2.81. The summed E-state index contributed by atoms with van der Waals surface area (Å²) in [6.45, 7) is 1.52. The van der Waals surface area contributed by atoms with Crippen molar-refractivity contribution in [2.45, 2.75) is 44.6 Å². The zero-order chi connectivity index (χ0) is 18.2. The number of nitrogens with zero attached hydrogens (tertiary/aromatic N) is 2. The van der Waals surface area contributed by atoms with Crippen molar-refractivity contribution in [2.24, 2.45) is 5.92 Å². The summed E-state index contributed by atoms with van der Waals surface area (Å²) in [5.41, 5.74) is -0.592. The maximum atomic E-state index is 13.0. The smallest absolute Gasteiger partial charge is 0.327 e. The van der Waals surface area contributed by atoms with E-state index >= 15 is 0 Å². The quantitative estimate of drug-likeness (QED) is 0.673. The van der Waals surface area contributed by atoms with Crippen LogP contribution in [0.2, 0.25) is 0 Å². The summed E-state index contributed by atoms with van der Waals surface area (Å²) in [6.07, 6.45) is 5.15. The van der Waals surface area contributed by atoms with E-state index in [0.29, 0.717) is 0 Å². The molecular weight excluding hydrogens is 320 g/mol. The molecule has 6 heteroatoms. The number of benzene rings is 1. The van der Waals surface area contributed by atoms with Crippen LogP contribution in [-0.4, -0.2) is 51.8 Å². The van der Waals surface area contributed by atoms with Gasteiger partial charge in [-0.1, -0.05) is 31.4 Å². The van der Waals surface area contributed by atoms with E-state index in [-0.39, 0.29) is 35.5 Å². The third-order valence-corrected chi connectivity index (χ3v) is 5.76. The molecule has 0 aromatic heterocycles. The van der Waals surface area contributed by atoms with E-state index in [2.05, 4.69) is 0 Å². The lowest BCUT2D eigenvalue weighted by molar-refractivity contribution is -0.135. The van der Waals surface area contributed by atoms with Gasteiger partial charge in [0.2, 0.25) is 0 Å². The molecule has 25 heavy (non-hydrogen) atoms. The number of carbonyl (C=O) groups is 3. The zero-order valence-electron chi connectivity index (χ0n) is 14.7. The van der Waals surface area contributed by atoms with Crippen LogP contribution in [0.3, 0.4) is 0 Å². The minimum Gasteiger partial charge on any atom is -0.508 e. The molecule has 1 heterocycles. The van der Waals surface area contributed by atoms with Crippen molar-refractivity contribution in [2.75, 3.05) is 13.6 Å². The number of rotatable bonds is 4. The average molecular weight is 344 g/mol. The maximum Gasteiger partial charge on any atom is 0.327 e. The number of likely N-dealkylation sites (N-methyl/N-ethyl adjacent to an activating group) is 1. The number of hydrogen-bond donors (Lipinski definition) is 1. The Kier molecular flexibility index (Phi) is 4.54. The second-order valence-corrected chi connectivity index (χ2v) is 7.19. The van der Waals surface area contributed by atoms with Gasteiger partial charge in [0.1, 0.15) is 11.3 Å². The van der Waals surface area contributed by atoms with Gasteiger partial charge in [-0.25, -0.2) is 4.79 Å². The van der Waals surface area contributed by atoms with Gasteiger partial charge >= 0.3 is 6.03 Å². The molecule has 0 spiro atoms. The van der Waals surface area contributed by atoms with Crippen molar-refractivity contribution in [1.29, 1.82) is 0 Å². The third kappa shape index (κ3) is 2.90. The molecule has 1 unspecified atom stereocenters. The second kappa shape index (κ2) is 6.50. The fourth-order valence-corrected chi connectivity index (χ4v) is 4.05. The lowest BCUT2D eigenvalue weighted by Crippen LogP contribution is -2.52. The van der Waals surface area contributed by atoms with Gasteiger partial charge in [-0.3, -0.25) is 14.5 Å². The van der Waals surface area contributed by atoms with Gasteiger partial charge in [0.15, 0.2) is 5.78 Å². The van der Waals surface area contributed by atoms with Gasteiger partial charge in [-0.05, 0) is 37.8 Å². The molecule has 1 aromatic rings. The number of carbonyl (C=O) groups excluding carboxylic acids is 3. The van der Waals surface area contributed by atoms with Crippen molar-refractivity contribution in [1.82, 2.24) is 9.80 Å². The molecular formula is C19H24N2O4. The van der Waals surface area contributed by atoms with Gasteiger partial charge in [0, 0.05) is 12.6 Å². The first-order valence-electron chi connectivity index (χ1n) is 8.77. The first kappa shape index (κ1) is 17.5. The highest BCUT2D eigenvalue weighted by Gasteiger charge is 2.56. The van der Waals surface area contributed by atoms with Gasteiger partial charge in [-0.2, -0.15) is 0 Å². The van der Waals surface area contributed by atoms with Crippen molar-refractivity contribution >= 4 is 17.7 Å². The Hall–Kier alpha value is -2.37. The highest BCUT2D eigenvalue weighted by molar-refractivity contribution is 6.11. The largest absolute Gasteiger partial charge is 0.508 e. The van der Waals surface area contributed by atoms with Crippen LogP contribution in [0.15, 0.2) is 24.3 Å². The number of Topliss-reactive ketones (excluding diaryl/α,β-unsaturated/α-hetero) is 1. The average Bonchev–Trinajstić information content (AvgIpc) is 2.78. The van der Waals surface area contributed by atoms with E-state index in [4.69, 9.17) is 0 Å². The summed E-state index contributed by atoms with van der Waals surface area (Å²) in [4.78, 5) is 40.7. The molecule has 6 nitrogen and oxygen atoms in total. The van der Waals surface area contributed by atoms with Gasteiger partial charge in [0.05, 0.1) is 6.54 Å². The Bertz CT molecular complexity index is 711. The van der Waals surface area contributed by atoms with Crippen molar-refractivity contribution in [3.63, 3.8) is 0 Å². The van der Waals surface area contributed by atoms with Gasteiger partial charge < -0.3 is 10.0 Å². The molecule has 3 rings (SSSR count). The van der Waals surface area contributed by atoms with Gasteiger partial charge in [-0.15, -0.1) is 0 Å². The second-order valence-electron chi connectivity index (χ2n) is 7.19. The summed E-state index contributed by atoms with van der Waals surface area (Å²) >= 11 is 0. The molecule has 0 bridgehead atoms. The Morgan fingerprint density at radius 2 is 1.92 bits per heavy atom. The summed E-state index contributed by atoms with van der Waals surface area (Å²) in [5.74, 6) is -0.544. The molecule has 2 fully saturated rings. The first-order chi connectivity index (χ1) is 11.9. The van der Waals surface area contributed by atoms with Gasteiger partial charge in [0.25, 0.3) is 5.91 Å². The summed E-state index contributed by atoms with van der Waals surface area (Å²) in [5, 5.41) is 9.51. The molecule has 1 saturated heterocycles. The molecule has 1 aromatic carbocycles. The van der Waals surface area contributed by atoms with E-state index in [1.54, 1.807) is 19.2 Å². The fraction of sp³-hybridized carbons (Fsp3) is 0.526. The third-order valence-electron chi connectivity index (χ3n) is 5.76. The van der Waals surface area contributed by atoms with E-state index < -0.39 is 11.6 Å². The number of phenolic OH excluding ortho intramolecular Hbond substituents is 1. The predicted molar refractivity (Wildman–Crippen MR) is 92.3 cm³/mol. The summed E-state index contributed by atoms with van der Waals surface area (Å²) in [7, 11) is 1.65. The molecule has 1 atom stereocenters. The van der Waals surface area contributed by atoms with Crippen LogP contribution >= 0.6 is 0 Å². The lowest BCUT2D eigenvalue weighted by Gasteiger charge is -2.38. The first-order valence-corrected chi connectivity index (χ1v) is 8.77. The molecule has 1 N–H and O–H groups in total. The van der Waals surface area contributed by atoms with E-state index in [9.17, 15) is 19.5 Å². The Morgan fingerprint density at radius 1 is 1.24 bits per heavy atom. The minimum absolute atomic E-state index is 0.0194. The normalized spacial score (nSPS) is 24.9. The molecule has 3 amide bonds. The number of amides is 3. The van der Waals surface area contributed by atoms with E-state index in [0.717, 1.165) is 37.0 Å². The fourth-order valence-electron chi connectivity index (χ4n) is 4.05. The van der Waals surface area contributed by atoms with Crippen molar-refractivity contribution in [3.05, 3.63) is 29.8 Å². The molecule has 134 valence electrons. The van der Waals surface area contributed by atoms with Crippen LogP contribution in [0.1, 0.15) is 49.4 Å². The van der Waals surface area contributed by atoms with Crippen LogP contribution in [-0.2, 0) is 4.79 Å². The van der Waals surface area contributed by atoms with Crippen molar-refractivity contribution < 1.29 is 19.5 Å². The Labute approximate surface area is 147 Å². The minimum atomic E-state index is -0.878. The molecule has 1 aliphatic carbocycles. The van der Waals surface area contributed by atoms with Crippen molar-refractivity contribution in [3.8, 4) is 5.75 Å². The molecule has 0 radical (unpaired) electrons. The summed E-state index contributed by atoms with van der Waals surface area (Å²) in [6, 6.07) is 5.52. The standard InChI is InChI=1S/C19H24N2O4/c1-19(14-8-4-3-5-9-14)17(24)21(18(25)20(19)2)12-16(23)13-7-6-10-15(22)11-13/h6-7,10-11,14,22H,3-5,8-9,12H2,1-2H3. The number of phenols is 1. The maximum absolute atomic E-state index is 13.0. The number of aromatic hydroxyl groups is 1. The van der Waals surface area contributed by atoms with Crippen LogP contribution in [0.25, 0.3) is 0 Å². The number of hydrogen-bond acceptors (Lipinski definition) is 4. The van der Waals surface area contributed by atoms with Crippen LogP contribution in [0.4, 0.5) is 4.79 Å². The number of imide groups is 1.